The Morgan fingerprint density at radius 2 is 1.47 bits per heavy atom. The van der Waals surface area contributed by atoms with Crippen molar-refractivity contribution in [2.24, 2.45) is 5.73 Å². The normalized spacial score (nSPS) is 13.9. The smallest absolute Gasteiger partial charge is 0.0484 e. The zero-order valence-corrected chi connectivity index (χ0v) is 13.7. The molecule has 2 N–H and O–H groups in total. The van der Waals surface area contributed by atoms with Crippen LogP contribution < -0.4 is 5.73 Å². The fraction of sp³-hybridized carbons (Fsp3) is 0.647. The van der Waals surface area contributed by atoms with E-state index in [1.165, 1.54) is 22.3 Å². The van der Waals surface area contributed by atoms with Crippen LogP contribution in [0.25, 0.3) is 0 Å². The molecule has 0 bridgehead atoms. The van der Waals surface area contributed by atoms with Crippen LogP contribution in [0.1, 0.15) is 55.0 Å². The molecule has 0 saturated heterocycles. The summed E-state index contributed by atoms with van der Waals surface area (Å²) in [5.41, 5.74) is 12.0. The molecule has 0 aliphatic rings. The van der Waals surface area contributed by atoms with Crippen LogP contribution in [-0.2, 0) is 0 Å². The predicted octanol–water partition coefficient (Wildman–Crippen LogP) is 3.73. The van der Waals surface area contributed by atoms with Gasteiger partial charge in [0, 0.05) is 11.6 Å². The molecule has 0 aliphatic heterocycles. The summed E-state index contributed by atoms with van der Waals surface area (Å²) in [7, 11) is 4.28. The standard InChI is InChI=1S/C17H30N2/c1-8-17(9-2,19(6)7)16(18)15-11-13(4)12(3)10-14(15)5/h10-11,16H,8-9,18H2,1-7H3. The van der Waals surface area contributed by atoms with Gasteiger partial charge in [0.1, 0.15) is 0 Å². The second-order valence-electron chi connectivity index (χ2n) is 5.98. The third kappa shape index (κ3) is 2.85. The third-order valence-electron chi connectivity index (χ3n) is 4.91. The molecule has 0 radical (unpaired) electrons. The van der Waals surface area contributed by atoms with Gasteiger partial charge >= 0.3 is 0 Å². The number of nitrogens with two attached hydrogens (primary N) is 1. The number of aryl methyl sites for hydroxylation is 3. The fourth-order valence-electron chi connectivity index (χ4n) is 3.21. The van der Waals surface area contributed by atoms with E-state index in [0.717, 1.165) is 12.8 Å². The van der Waals surface area contributed by atoms with Gasteiger partial charge in [0.15, 0.2) is 0 Å². The summed E-state index contributed by atoms with van der Waals surface area (Å²) in [6.07, 6.45) is 2.12. The van der Waals surface area contributed by atoms with Gasteiger partial charge in [0.05, 0.1) is 0 Å². The quantitative estimate of drug-likeness (QED) is 0.876. The van der Waals surface area contributed by atoms with E-state index in [2.05, 4.69) is 65.7 Å². The minimum atomic E-state index is 0.0342. The minimum Gasteiger partial charge on any atom is -0.322 e. The molecule has 1 atom stereocenters. The lowest BCUT2D eigenvalue weighted by Crippen LogP contribution is -2.51. The van der Waals surface area contributed by atoms with Crippen molar-refractivity contribution in [3.05, 3.63) is 34.4 Å². The average molecular weight is 262 g/mol. The van der Waals surface area contributed by atoms with Gasteiger partial charge in [0.25, 0.3) is 0 Å². The molecule has 2 heteroatoms. The molecule has 1 rings (SSSR count). The zero-order valence-electron chi connectivity index (χ0n) is 13.7. The Morgan fingerprint density at radius 3 is 1.89 bits per heavy atom. The highest BCUT2D eigenvalue weighted by Gasteiger charge is 2.37. The lowest BCUT2D eigenvalue weighted by molar-refractivity contribution is 0.105. The van der Waals surface area contributed by atoms with Crippen molar-refractivity contribution < 1.29 is 0 Å². The summed E-state index contributed by atoms with van der Waals surface area (Å²) in [4.78, 5) is 2.30. The van der Waals surface area contributed by atoms with Crippen molar-refractivity contribution in [1.82, 2.24) is 4.90 Å². The largest absolute Gasteiger partial charge is 0.322 e. The Morgan fingerprint density at radius 1 is 1.00 bits per heavy atom. The van der Waals surface area contributed by atoms with Crippen LogP contribution in [-0.4, -0.2) is 24.5 Å². The molecule has 1 unspecified atom stereocenters. The van der Waals surface area contributed by atoms with Crippen molar-refractivity contribution in [2.45, 2.75) is 59.0 Å². The number of hydrogen-bond donors (Lipinski definition) is 1. The molecular formula is C17H30N2. The highest BCUT2D eigenvalue weighted by Crippen LogP contribution is 2.36. The maximum absolute atomic E-state index is 6.67. The zero-order chi connectivity index (χ0) is 14.8. The maximum atomic E-state index is 6.67. The minimum absolute atomic E-state index is 0.0342. The Bertz CT molecular complexity index is 431. The SMILES string of the molecule is CCC(CC)(C(N)c1cc(C)c(C)cc1C)N(C)C. The lowest BCUT2D eigenvalue weighted by atomic mass is 9.78. The summed E-state index contributed by atoms with van der Waals surface area (Å²) in [5.74, 6) is 0. The van der Waals surface area contributed by atoms with Gasteiger partial charge in [-0.15, -0.1) is 0 Å². The molecule has 0 aromatic heterocycles. The molecular weight excluding hydrogens is 232 g/mol. The van der Waals surface area contributed by atoms with Gasteiger partial charge in [-0.05, 0) is 70.0 Å². The second-order valence-corrected chi connectivity index (χ2v) is 5.98. The summed E-state index contributed by atoms with van der Waals surface area (Å²) in [5, 5.41) is 0. The maximum Gasteiger partial charge on any atom is 0.0484 e. The highest BCUT2D eigenvalue weighted by molar-refractivity contribution is 5.39. The van der Waals surface area contributed by atoms with Crippen LogP contribution in [0.2, 0.25) is 0 Å². The molecule has 0 aliphatic carbocycles. The first-order chi connectivity index (χ1) is 8.80. The van der Waals surface area contributed by atoms with Crippen molar-refractivity contribution in [1.29, 1.82) is 0 Å². The van der Waals surface area contributed by atoms with Crippen LogP contribution in [0, 0.1) is 20.8 Å². The number of likely N-dealkylation sites (N-methyl/N-ethyl adjacent to an activating group) is 1. The lowest BCUT2D eigenvalue weighted by Gasteiger charge is -2.44. The first kappa shape index (κ1) is 16.2. The number of rotatable bonds is 5. The van der Waals surface area contributed by atoms with E-state index in [9.17, 15) is 0 Å². The summed E-state index contributed by atoms with van der Waals surface area (Å²) in [6.45, 7) is 11.0. The van der Waals surface area contributed by atoms with E-state index in [-0.39, 0.29) is 11.6 Å². The molecule has 0 saturated carbocycles. The first-order valence-electron chi connectivity index (χ1n) is 7.30. The van der Waals surface area contributed by atoms with Crippen LogP contribution >= 0.6 is 0 Å². The number of benzene rings is 1. The Hall–Kier alpha value is -0.860. The summed E-state index contributed by atoms with van der Waals surface area (Å²) in [6, 6.07) is 4.59. The molecule has 1 aromatic rings. The van der Waals surface area contributed by atoms with Crippen molar-refractivity contribution >= 4 is 0 Å². The number of hydrogen-bond acceptors (Lipinski definition) is 2. The first-order valence-corrected chi connectivity index (χ1v) is 7.30. The summed E-state index contributed by atoms with van der Waals surface area (Å²) < 4.78 is 0. The van der Waals surface area contributed by atoms with Gasteiger partial charge in [0.2, 0.25) is 0 Å². The predicted molar refractivity (Wildman–Crippen MR) is 84.6 cm³/mol. The Kier molecular flexibility index (Phi) is 5.17. The van der Waals surface area contributed by atoms with Gasteiger partial charge in [-0.25, -0.2) is 0 Å². The Labute approximate surface area is 119 Å². The van der Waals surface area contributed by atoms with E-state index in [1.807, 2.05) is 0 Å². The molecule has 19 heavy (non-hydrogen) atoms. The van der Waals surface area contributed by atoms with Crippen molar-refractivity contribution in [2.75, 3.05) is 14.1 Å². The number of nitrogens with zero attached hydrogens (tertiary/aromatic N) is 1. The molecule has 0 amide bonds. The van der Waals surface area contributed by atoms with Gasteiger partial charge < -0.3 is 10.6 Å². The topological polar surface area (TPSA) is 29.3 Å². The van der Waals surface area contributed by atoms with E-state index in [0.29, 0.717) is 0 Å². The second kappa shape index (κ2) is 6.06. The third-order valence-corrected chi connectivity index (χ3v) is 4.91. The molecule has 0 heterocycles. The molecule has 108 valence electrons. The monoisotopic (exact) mass is 262 g/mol. The van der Waals surface area contributed by atoms with Gasteiger partial charge in [-0.2, -0.15) is 0 Å². The molecule has 2 nitrogen and oxygen atoms in total. The molecule has 0 fully saturated rings. The van der Waals surface area contributed by atoms with E-state index < -0.39 is 0 Å². The fourth-order valence-corrected chi connectivity index (χ4v) is 3.21. The highest BCUT2D eigenvalue weighted by atomic mass is 15.2. The molecule has 0 spiro atoms. The van der Waals surface area contributed by atoms with Crippen LogP contribution in [0.4, 0.5) is 0 Å². The Balaban J connectivity index is 3.32. The van der Waals surface area contributed by atoms with Gasteiger partial charge in [-0.1, -0.05) is 26.0 Å². The molecule has 1 aromatic carbocycles. The van der Waals surface area contributed by atoms with Crippen LogP contribution in [0.5, 0.6) is 0 Å². The van der Waals surface area contributed by atoms with Crippen molar-refractivity contribution in [3.63, 3.8) is 0 Å². The van der Waals surface area contributed by atoms with Crippen LogP contribution in [0.15, 0.2) is 12.1 Å². The van der Waals surface area contributed by atoms with E-state index in [4.69, 9.17) is 5.73 Å². The van der Waals surface area contributed by atoms with E-state index in [1.54, 1.807) is 0 Å². The average Bonchev–Trinajstić information content (AvgIpc) is 2.35. The van der Waals surface area contributed by atoms with Crippen LogP contribution in [0.3, 0.4) is 0 Å². The summed E-state index contributed by atoms with van der Waals surface area (Å²) >= 11 is 0. The van der Waals surface area contributed by atoms with E-state index >= 15 is 0 Å². The van der Waals surface area contributed by atoms with Gasteiger partial charge in [-0.3, -0.25) is 0 Å². The van der Waals surface area contributed by atoms with Crippen molar-refractivity contribution in [3.8, 4) is 0 Å².